The summed E-state index contributed by atoms with van der Waals surface area (Å²) in [7, 11) is 0. The van der Waals surface area contributed by atoms with Gasteiger partial charge >= 0.3 is 6.01 Å². The number of benzene rings is 1. The van der Waals surface area contributed by atoms with Crippen molar-refractivity contribution in [3.8, 4) is 6.01 Å². The van der Waals surface area contributed by atoms with Crippen molar-refractivity contribution >= 4 is 34.1 Å². The van der Waals surface area contributed by atoms with Crippen LogP contribution < -0.4 is 10.1 Å². The molecule has 23 heavy (non-hydrogen) atoms. The Morgan fingerprint density at radius 3 is 2.78 bits per heavy atom. The van der Waals surface area contributed by atoms with E-state index in [0.29, 0.717) is 22.5 Å². The number of nitrogens with zero attached hydrogens (tertiary/aromatic N) is 4. The number of hydrogen-bond donors (Lipinski definition) is 1. The van der Waals surface area contributed by atoms with Crippen LogP contribution in [-0.4, -0.2) is 26.0 Å². The van der Waals surface area contributed by atoms with Gasteiger partial charge in [0.2, 0.25) is 0 Å². The standard InChI is InChI=1S/C15H13ClFN5O/c1-8(2)23-15-18-6-12-13(22-15)14(20-7-19-12)21-9-3-4-11(17)10(16)5-9/h3-8H,1-2H3,(H,19,20,21). The fraction of sp³-hybridized carbons (Fsp3) is 0.200. The highest BCUT2D eigenvalue weighted by Gasteiger charge is 2.10. The molecule has 8 heteroatoms. The molecule has 0 fully saturated rings. The molecule has 1 N–H and O–H groups in total. The Hall–Kier alpha value is -2.54. The molecule has 3 rings (SSSR count). The lowest BCUT2D eigenvalue weighted by Crippen LogP contribution is -2.09. The maximum Gasteiger partial charge on any atom is 0.317 e. The highest BCUT2D eigenvalue weighted by molar-refractivity contribution is 6.31. The molecule has 0 radical (unpaired) electrons. The molecule has 0 saturated heterocycles. The predicted octanol–water partition coefficient (Wildman–Crippen LogP) is 3.74. The third-order valence-electron chi connectivity index (χ3n) is 2.88. The van der Waals surface area contributed by atoms with Gasteiger partial charge in [-0.05, 0) is 32.0 Å². The van der Waals surface area contributed by atoms with Crippen LogP contribution in [0.5, 0.6) is 6.01 Å². The molecule has 1 aromatic carbocycles. The molecule has 0 bridgehead atoms. The molecule has 0 atom stereocenters. The van der Waals surface area contributed by atoms with Gasteiger partial charge in [-0.3, -0.25) is 0 Å². The van der Waals surface area contributed by atoms with Crippen LogP contribution in [0, 0.1) is 5.82 Å². The lowest BCUT2D eigenvalue weighted by molar-refractivity contribution is 0.223. The SMILES string of the molecule is CC(C)Oc1ncc2ncnc(Nc3ccc(F)c(Cl)c3)c2n1. The third kappa shape index (κ3) is 3.45. The molecule has 0 spiro atoms. The minimum Gasteiger partial charge on any atom is -0.461 e. The zero-order chi connectivity index (χ0) is 16.4. The van der Waals surface area contributed by atoms with Gasteiger partial charge in [-0.25, -0.2) is 19.3 Å². The largest absolute Gasteiger partial charge is 0.461 e. The van der Waals surface area contributed by atoms with Crippen molar-refractivity contribution < 1.29 is 9.13 Å². The van der Waals surface area contributed by atoms with Gasteiger partial charge in [0.15, 0.2) is 5.82 Å². The third-order valence-corrected chi connectivity index (χ3v) is 3.17. The molecule has 118 valence electrons. The van der Waals surface area contributed by atoms with Crippen LogP contribution in [0.2, 0.25) is 5.02 Å². The monoisotopic (exact) mass is 333 g/mol. The Labute approximate surface area is 136 Å². The number of fused-ring (bicyclic) bond motifs is 1. The Kier molecular flexibility index (Phi) is 4.20. The molecule has 2 aromatic heterocycles. The number of rotatable bonds is 4. The van der Waals surface area contributed by atoms with Crippen LogP contribution in [-0.2, 0) is 0 Å². The van der Waals surface area contributed by atoms with Crippen molar-refractivity contribution in [3.05, 3.63) is 41.6 Å². The molecule has 0 aliphatic rings. The number of halogens is 2. The van der Waals surface area contributed by atoms with E-state index in [1.54, 1.807) is 12.3 Å². The predicted molar refractivity (Wildman–Crippen MR) is 85.6 cm³/mol. The van der Waals surface area contributed by atoms with Crippen LogP contribution in [0.4, 0.5) is 15.9 Å². The quantitative estimate of drug-likeness (QED) is 0.784. The second kappa shape index (κ2) is 6.29. The first kappa shape index (κ1) is 15.4. The molecular formula is C15H13ClFN5O. The van der Waals surface area contributed by atoms with Crippen LogP contribution in [0.15, 0.2) is 30.7 Å². The summed E-state index contributed by atoms with van der Waals surface area (Å²) in [4.78, 5) is 16.7. The Balaban J connectivity index is 2.00. The maximum atomic E-state index is 13.2. The number of nitrogens with one attached hydrogen (secondary N) is 1. The fourth-order valence-corrected chi connectivity index (χ4v) is 2.09. The average Bonchev–Trinajstić information content (AvgIpc) is 2.51. The number of aromatic nitrogens is 4. The molecule has 0 saturated carbocycles. The van der Waals surface area contributed by atoms with E-state index in [1.807, 2.05) is 13.8 Å². The van der Waals surface area contributed by atoms with Gasteiger partial charge < -0.3 is 10.1 Å². The summed E-state index contributed by atoms with van der Waals surface area (Å²) in [5, 5.41) is 3.07. The molecular weight excluding hydrogens is 321 g/mol. The maximum absolute atomic E-state index is 13.2. The van der Waals surface area contributed by atoms with Crippen molar-refractivity contribution in [2.45, 2.75) is 20.0 Å². The van der Waals surface area contributed by atoms with Crippen molar-refractivity contribution in [2.75, 3.05) is 5.32 Å². The normalized spacial score (nSPS) is 11.0. The highest BCUT2D eigenvalue weighted by atomic mass is 35.5. The summed E-state index contributed by atoms with van der Waals surface area (Å²) < 4.78 is 18.7. The van der Waals surface area contributed by atoms with E-state index in [1.165, 1.54) is 18.5 Å². The van der Waals surface area contributed by atoms with Crippen LogP contribution in [0.1, 0.15) is 13.8 Å². The van der Waals surface area contributed by atoms with E-state index in [0.717, 1.165) is 0 Å². The van der Waals surface area contributed by atoms with E-state index < -0.39 is 5.82 Å². The Morgan fingerprint density at radius 2 is 2.04 bits per heavy atom. The van der Waals surface area contributed by atoms with E-state index >= 15 is 0 Å². The van der Waals surface area contributed by atoms with Crippen LogP contribution in [0.25, 0.3) is 11.0 Å². The molecule has 6 nitrogen and oxygen atoms in total. The zero-order valence-corrected chi connectivity index (χ0v) is 13.2. The van der Waals surface area contributed by atoms with Gasteiger partial charge in [-0.2, -0.15) is 4.98 Å². The van der Waals surface area contributed by atoms with E-state index in [-0.39, 0.29) is 17.1 Å². The van der Waals surface area contributed by atoms with Gasteiger partial charge in [0, 0.05) is 5.69 Å². The smallest absolute Gasteiger partial charge is 0.317 e. The Bertz CT molecular complexity index is 858. The fourth-order valence-electron chi connectivity index (χ4n) is 1.91. The summed E-state index contributed by atoms with van der Waals surface area (Å²) in [5.41, 5.74) is 1.65. The summed E-state index contributed by atoms with van der Waals surface area (Å²) in [5.74, 6) is -0.0339. The van der Waals surface area contributed by atoms with Crippen molar-refractivity contribution in [2.24, 2.45) is 0 Å². The summed E-state index contributed by atoms with van der Waals surface area (Å²) in [6, 6.07) is 4.54. The molecule has 2 heterocycles. The number of anilines is 2. The molecule has 0 aliphatic carbocycles. The highest BCUT2D eigenvalue weighted by Crippen LogP contribution is 2.25. The molecule has 0 amide bonds. The average molecular weight is 334 g/mol. The second-order valence-electron chi connectivity index (χ2n) is 5.03. The van der Waals surface area contributed by atoms with Crippen LogP contribution >= 0.6 is 11.6 Å². The molecule has 0 unspecified atom stereocenters. The van der Waals surface area contributed by atoms with Crippen LogP contribution in [0.3, 0.4) is 0 Å². The second-order valence-corrected chi connectivity index (χ2v) is 5.44. The van der Waals surface area contributed by atoms with Gasteiger partial charge in [0.25, 0.3) is 0 Å². The van der Waals surface area contributed by atoms with E-state index in [9.17, 15) is 4.39 Å². The topological polar surface area (TPSA) is 72.8 Å². The van der Waals surface area contributed by atoms with Crippen molar-refractivity contribution in [1.82, 2.24) is 19.9 Å². The summed E-state index contributed by atoms with van der Waals surface area (Å²) in [6.45, 7) is 3.77. The minimum absolute atomic E-state index is 0.0202. The van der Waals surface area contributed by atoms with Gasteiger partial charge in [0.05, 0.1) is 17.3 Å². The van der Waals surface area contributed by atoms with Gasteiger partial charge in [0.1, 0.15) is 23.2 Å². The summed E-state index contributed by atoms with van der Waals surface area (Å²) in [6.07, 6.45) is 2.90. The lowest BCUT2D eigenvalue weighted by atomic mass is 10.3. The zero-order valence-electron chi connectivity index (χ0n) is 12.4. The van der Waals surface area contributed by atoms with Gasteiger partial charge in [-0.15, -0.1) is 0 Å². The first-order chi connectivity index (χ1) is 11.0. The molecule has 3 aromatic rings. The first-order valence-corrected chi connectivity index (χ1v) is 7.27. The lowest BCUT2D eigenvalue weighted by Gasteiger charge is -2.10. The number of hydrogen-bond acceptors (Lipinski definition) is 6. The van der Waals surface area contributed by atoms with E-state index in [4.69, 9.17) is 16.3 Å². The summed E-state index contributed by atoms with van der Waals surface area (Å²) >= 11 is 5.79. The van der Waals surface area contributed by atoms with Crippen molar-refractivity contribution in [1.29, 1.82) is 0 Å². The number of ether oxygens (including phenoxy) is 1. The minimum atomic E-state index is -0.486. The first-order valence-electron chi connectivity index (χ1n) is 6.89. The Morgan fingerprint density at radius 1 is 1.22 bits per heavy atom. The van der Waals surface area contributed by atoms with Crippen molar-refractivity contribution in [3.63, 3.8) is 0 Å². The van der Waals surface area contributed by atoms with Gasteiger partial charge in [-0.1, -0.05) is 11.6 Å². The molecule has 0 aliphatic heterocycles. The van der Waals surface area contributed by atoms with E-state index in [2.05, 4.69) is 25.3 Å².